The Balaban J connectivity index is 2.10. The zero-order valence-electron chi connectivity index (χ0n) is 11.2. The van der Waals surface area contributed by atoms with Crippen molar-refractivity contribution in [3.8, 4) is 0 Å². The molecule has 2 atom stereocenters. The van der Waals surface area contributed by atoms with E-state index in [0.29, 0.717) is 0 Å². The Morgan fingerprint density at radius 1 is 1.44 bits per heavy atom. The predicted molar refractivity (Wildman–Crippen MR) is 75.3 cm³/mol. The van der Waals surface area contributed by atoms with Crippen LogP contribution in [0.1, 0.15) is 39.0 Å². The summed E-state index contributed by atoms with van der Waals surface area (Å²) in [4.78, 5) is 2.52. The Bertz CT molecular complexity index is 169. The minimum absolute atomic E-state index is 0.732. The number of nitrogens with one attached hydrogen (secondary N) is 1. The molecule has 0 aromatic carbocycles. The lowest BCUT2D eigenvalue weighted by Gasteiger charge is -2.29. The van der Waals surface area contributed by atoms with Gasteiger partial charge in [0, 0.05) is 12.1 Å². The first-order valence-corrected chi connectivity index (χ1v) is 8.06. The van der Waals surface area contributed by atoms with Gasteiger partial charge in [-0.1, -0.05) is 6.42 Å². The number of hydrogen-bond acceptors (Lipinski definition) is 3. The average molecular weight is 244 g/mol. The molecule has 0 amide bonds. The van der Waals surface area contributed by atoms with Crippen LogP contribution in [-0.4, -0.2) is 49.1 Å². The molecule has 1 aliphatic heterocycles. The maximum Gasteiger partial charge on any atom is 0.00792 e. The molecule has 0 aliphatic carbocycles. The van der Waals surface area contributed by atoms with Crippen molar-refractivity contribution in [2.45, 2.75) is 51.1 Å². The van der Waals surface area contributed by atoms with Crippen molar-refractivity contribution in [3.05, 3.63) is 0 Å². The van der Waals surface area contributed by atoms with Crippen LogP contribution in [0.25, 0.3) is 0 Å². The quantitative estimate of drug-likeness (QED) is 0.741. The summed E-state index contributed by atoms with van der Waals surface area (Å²) in [6.45, 7) is 4.83. The van der Waals surface area contributed by atoms with E-state index in [-0.39, 0.29) is 0 Å². The van der Waals surface area contributed by atoms with Gasteiger partial charge in [0.2, 0.25) is 0 Å². The molecule has 0 aromatic rings. The molecule has 2 unspecified atom stereocenters. The summed E-state index contributed by atoms with van der Waals surface area (Å²) in [5.74, 6) is 1.28. The number of piperidine rings is 1. The Morgan fingerprint density at radius 2 is 2.25 bits per heavy atom. The first-order valence-electron chi connectivity index (χ1n) is 6.66. The molecule has 1 saturated heterocycles. The fraction of sp³-hybridized carbons (Fsp3) is 1.00. The molecule has 96 valence electrons. The van der Waals surface area contributed by atoms with E-state index < -0.39 is 0 Å². The van der Waals surface area contributed by atoms with Crippen LogP contribution in [0, 0.1) is 0 Å². The molecule has 16 heavy (non-hydrogen) atoms. The van der Waals surface area contributed by atoms with Crippen LogP contribution in [0.3, 0.4) is 0 Å². The van der Waals surface area contributed by atoms with E-state index >= 15 is 0 Å². The van der Waals surface area contributed by atoms with E-state index in [1.807, 2.05) is 11.8 Å². The first-order chi connectivity index (χ1) is 7.74. The Morgan fingerprint density at radius 3 is 2.88 bits per heavy atom. The number of hydrogen-bond donors (Lipinski definition) is 1. The topological polar surface area (TPSA) is 15.3 Å². The van der Waals surface area contributed by atoms with E-state index in [1.165, 1.54) is 50.9 Å². The van der Waals surface area contributed by atoms with Gasteiger partial charge >= 0.3 is 0 Å². The molecular formula is C13H28N2S. The third-order valence-electron chi connectivity index (χ3n) is 3.73. The van der Waals surface area contributed by atoms with Gasteiger partial charge in [-0.15, -0.1) is 0 Å². The van der Waals surface area contributed by atoms with Gasteiger partial charge in [0.15, 0.2) is 0 Å². The summed E-state index contributed by atoms with van der Waals surface area (Å²) < 4.78 is 0. The van der Waals surface area contributed by atoms with E-state index in [0.717, 1.165) is 12.1 Å². The molecule has 0 spiro atoms. The molecule has 3 heteroatoms. The lowest BCUT2D eigenvalue weighted by molar-refractivity contribution is 0.230. The maximum absolute atomic E-state index is 3.63. The van der Waals surface area contributed by atoms with Gasteiger partial charge in [0.25, 0.3) is 0 Å². The maximum atomic E-state index is 3.63. The van der Waals surface area contributed by atoms with Crippen molar-refractivity contribution in [2.24, 2.45) is 0 Å². The van der Waals surface area contributed by atoms with Crippen molar-refractivity contribution in [3.63, 3.8) is 0 Å². The fourth-order valence-corrected chi connectivity index (χ4v) is 2.84. The van der Waals surface area contributed by atoms with Gasteiger partial charge < -0.3 is 10.2 Å². The van der Waals surface area contributed by atoms with Crippen LogP contribution < -0.4 is 5.32 Å². The summed E-state index contributed by atoms with van der Waals surface area (Å²) in [6.07, 6.45) is 9.00. The van der Waals surface area contributed by atoms with E-state index in [1.54, 1.807) is 0 Å². The first kappa shape index (κ1) is 14.3. The third kappa shape index (κ3) is 5.55. The molecule has 0 saturated carbocycles. The summed E-state index contributed by atoms with van der Waals surface area (Å²) in [7, 11) is 2.27. The minimum Gasteiger partial charge on any atom is -0.314 e. The standard InChI is InChI=1S/C13H28N2S/c1-12(8-11-16-3)15(2)10-7-13-6-4-5-9-14-13/h12-14H,4-11H2,1-3H3. The molecule has 1 N–H and O–H groups in total. The smallest absolute Gasteiger partial charge is 0.00792 e. The molecule has 0 bridgehead atoms. The summed E-state index contributed by atoms with van der Waals surface area (Å²) in [5, 5.41) is 3.63. The zero-order chi connectivity index (χ0) is 11.8. The van der Waals surface area contributed by atoms with E-state index in [4.69, 9.17) is 0 Å². The molecular weight excluding hydrogens is 216 g/mol. The Hall–Kier alpha value is 0.270. The fourth-order valence-electron chi connectivity index (χ4n) is 2.26. The van der Waals surface area contributed by atoms with E-state index in [9.17, 15) is 0 Å². The number of thioether (sulfide) groups is 1. The largest absolute Gasteiger partial charge is 0.314 e. The van der Waals surface area contributed by atoms with Crippen molar-refractivity contribution < 1.29 is 0 Å². The van der Waals surface area contributed by atoms with Crippen molar-refractivity contribution in [2.75, 3.05) is 32.1 Å². The van der Waals surface area contributed by atoms with Crippen molar-refractivity contribution in [1.82, 2.24) is 10.2 Å². The average Bonchev–Trinajstić information content (AvgIpc) is 2.34. The molecule has 1 aliphatic rings. The van der Waals surface area contributed by atoms with E-state index in [2.05, 4.69) is 30.4 Å². The zero-order valence-corrected chi connectivity index (χ0v) is 12.0. The van der Waals surface area contributed by atoms with Crippen LogP contribution in [0.2, 0.25) is 0 Å². The monoisotopic (exact) mass is 244 g/mol. The summed E-state index contributed by atoms with van der Waals surface area (Å²) in [6, 6.07) is 1.51. The van der Waals surface area contributed by atoms with Crippen LogP contribution in [0.15, 0.2) is 0 Å². The lowest BCUT2D eigenvalue weighted by atomic mass is 10.0. The van der Waals surface area contributed by atoms with Gasteiger partial charge in [-0.3, -0.25) is 0 Å². The molecule has 2 nitrogen and oxygen atoms in total. The van der Waals surface area contributed by atoms with Crippen LogP contribution in [0.5, 0.6) is 0 Å². The highest BCUT2D eigenvalue weighted by molar-refractivity contribution is 7.98. The minimum atomic E-state index is 0.732. The summed E-state index contributed by atoms with van der Waals surface area (Å²) in [5.41, 5.74) is 0. The predicted octanol–water partition coefficient (Wildman–Crippen LogP) is 2.59. The van der Waals surface area contributed by atoms with Gasteiger partial charge in [0.05, 0.1) is 0 Å². The normalized spacial score (nSPS) is 23.6. The van der Waals surface area contributed by atoms with Gasteiger partial charge in [0.1, 0.15) is 0 Å². The SMILES string of the molecule is CSCCC(C)N(C)CCC1CCCCN1. The highest BCUT2D eigenvalue weighted by atomic mass is 32.2. The highest BCUT2D eigenvalue weighted by Gasteiger charge is 2.14. The second-order valence-corrected chi connectivity index (χ2v) is 6.03. The number of nitrogens with zero attached hydrogens (tertiary/aromatic N) is 1. The molecule has 0 aromatic heterocycles. The third-order valence-corrected chi connectivity index (χ3v) is 4.38. The molecule has 1 heterocycles. The van der Waals surface area contributed by atoms with Crippen LogP contribution >= 0.6 is 11.8 Å². The van der Waals surface area contributed by atoms with Crippen molar-refractivity contribution in [1.29, 1.82) is 0 Å². The second kappa shape index (κ2) is 8.37. The van der Waals surface area contributed by atoms with Gasteiger partial charge in [-0.25, -0.2) is 0 Å². The highest BCUT2D eigenvalue weighted by Crippen LogP contribution is 2.12. The van der Waals surface area contributed by atoms with Crippen LogP contribution in [-0.2, 0) is 0 Å². The molecule has 1 fully saturated rings. The van der Waals surface area contributed by atoms with Crippen LogP contribution in [0.4, 0.5) is 0 Å². The lowest BCUT2D eigenvalue weighted by Crippen LogP contribution is -2.38. The second-order valence-electron chi connectivity index (χ2n) is 5.05. The Kier molecular flexibility index (Phi) is 7.50. The Labute approximate surface area is 106 Å². The summed E-state index contributed by atoms with van der Waals surface area (Å²) >= 11 is 1.95. The van der Waals surface area contributed by atoms with Crippen molar-refractivity contribution >= 4 is 11.8 Å². The van der Waals surface area contributed by atoms with Gasteiger partial charge in [-0.05, 0) is 64.8 Å². The molecule has 0 radical (unpaired) electrons. The number of rotatable bonds is 7. The van der Waals surface area contributed by atoms with Gasteiger partial charge in [-0.2, -0.15) is 11.8 Å². The molecule has 1 rings (SSSR count).